The predicted octanol–water partition coefficient (Wildman–Crippen LogP) is 2.92. The first-order valence-corrected chi connectivity index (χ1v) is 6.13. The molecule has 0 atom stereocenters. The van der Waals surface area contributed by atoms with Gasteiger partial charge in [-0.05, 0) is 25.3 Å². The summed E-state index contributed by atoms with van der Waals surface area (Å²) in [5.74, 6) is -0.989. The van der Waals surface area contributed by atoms with Crippen LogP contribution in [-0.2, 0) is 14.3 Å². The average molecular weight is 242 g/mol. The molecule has 0 fully saturated rings. The van der Waals surface area contributed by atoms with Gasteiger partial charge in [-0.1, -0.05) is 25.7 Å². The molecule has 0 saturated heterocycles. The number of hydrogen-bond donors (Lipinski definition) is 1. The highest BCUT2D eigenvalue weighted by Gasteiger charge is 2.04. The van der Waals surface area contributed by atoms with Gasteiger partial charge in [0.25, 0.3) is 0 Å². The molecule has 0 heterocycles. The van der Waals surface area contributed by atoms with Gasteiger partial charge in [0.15, 0.2) is 5.76 Å². The average Bonchev–Trinajstić information content (AvgIpc) is 2.35. The van der Waals surface area contributed by atoms with Crippen molar-refractivity contribution in [1.82, 2.24) is 0 Å². The Morgan fingerprint density at radius 3 is 2.12 bits per heavy atom. The highest BCUT2D eigenvalue weighted by atomic mass is 16.5. The van der Waals surface area contributed by atoms with Crippen LogP contribution in [0.3, 0.4) is 0 Å². The number of aldehydes is 1. The van der Waals surface area contributed by atoms with E-state index in [9.17, 15) is 14.7 Å². The van der Waals surface area contributed by atoms with Gasteiger partial charge < -0.3 is 14.6 Å². The SMILES string of the molecule is COC(=O)C(O)=CCCCCCCCCC=O. The lowest BCUT2D eigenvalue weighted by atomic mass is 10.1. The fraction of sp³-hybridized carbons (Fsp3) is 0.692. The largest absolute Gasteiger partial charge is 0.502 e. The number of hydrogen-bond acceptors (Lipinski definition) is 4. The Labute approximate surface area is 103 Å². The van der Waals surface area contributed by atoms with Gasteiger partial charge in [0.2, 0.25) is 0 Å². The zero-order valence-corrected chi connectivity index (χ0v) is 10.5. The van der Waals surface area contributed by atoms with Gasteiger partial charge in [-0.25, -0.2) is 4.79 Å². The quantitative estimate of drug-likeness (QED) is 0.210. The van der Waals surface area contributed by atoms with Gasteiger partial charge >= 0.3 is 5.97 Å². The third-order valence-corrected chi connectivity index (χ3v) is 2.51. The van der Waals surface area contributed by atoms with E-state index in [4.69, 9.17) is 0 Å². The Morgan fingerprint density at radius 2 is 1.59 bits per heavy atom. The molecule has 0 rings (SSSR count). The van der Waals surface area contributed by atoms with Crippen LogP contribution in [0.5, 0.6) is 0 Å². The molecule has 0 spiro atoms. The zero-order valence-electron chi connectivity index (χ0n) is 10.5. The van der Waals surface area contributed by atoms with Crippen LogP contribution >= 0.6 is 0 Å². The number of aliphatic hydroxyl groups is 1. The number of methoxy groups -OCH3 is 1. The zero-order chi connectivity index (χ0) is 12.9. The first kappa shape index (κ1) is 15.7. The van der Waals surface area contributed by atoms with E-state index in [0.29, 0.717) is 12.8 Å². The van der Waals surface area contributed by atoms with Crippen LogP contribution in [0, 0.1) is 0 Å². The molecule has 0 aromatic carbocycles. The Bertz CT molecular complexity index is 246. The van der Waals surface area contributed by atoms with E-state index in [1.54, 1.807) is 0 Å². The lowest BCUT2D eigenvalue weighted by molar-refractivity contribution is -0.139. The second-order valence-corrected chi connectivity index (χ2v) is 3.95. The van der Waals surface area contributed by atoms with Crippen molar-refractivity contribution >= 4 is 12.3 Å². The third kappa shape index (κ3) is 9.60. The van der Waals surface area contributed by atoms with Crippen LogP contribution < -0.4 is 0 Å². The van der Waals surface area contributed by atoms with Crippen LogP contribution in [0.4, 0.5) is 0 Å². The Morgan fingerprint density at radius 1 is 1.06 bits per heavy atom. The molecule has 0 aromatic heterocycles. The second kappa shape index (κ2) is 11.2. The summed E-state index contributed by atoms with van der Waals surface area (Å²) in [4.78, 5) is 20.9. The molecule has 0 amide bonds. The maximum absolute atomic E-state index is 10.8. The molecule has 0 unspecified atom stereocenters. The normalized spacial score (nSPS) is 11.2. The molecule has 4 nitrogen and oxygen atoms in total. The van der Waals surface area contributed by atoms with Crippen LogP contribution in [0.2, 0.25) is 0 Å². The topological polar surface area (TPSA) is 63.6 Å². The molecule has 4 heteroatoms. The number of rotatable bonds is 10. The van der Waals surface area contributed by atoms with Gasteiger partial charge in [0.05, 0.1) is 7.11 Å². The number of allylic oxidation sites excluding steroid dienone is 1. The molecule has 1 N–H and O–H groups in total. The maximum Gasteiger partial charge on any atom is 0.372 e. The number of aliphatic hydroxyl groups excluding tert-OH is 1. The fourth-order valence-electron chi connectivity index (χ4n) is 1.51. The van der Waals surface area contributed by atoms with E-state index >= 15 is 0 Å². The first-order chi connectivity index (χ1) is 8.22. The number of carbonyl (C=O) groups is 2. The lowest BCUT2D eigenvalue weighted by Gasteiger charge is -1.99. The highest BCUT2D eigenvalue weighted by Crippen LogP contribution is 2.09. The molecule has 0 aliphatic carbocycles. The number of ether oxygens (including phenoxy) is 1. The molecule has 17 heavy (non-hydrogen) atoms. The van der Waals surface area contributed by atoms with E-state index in [0.717, 1.165) is 44.8 Å². The van der Waals surface area contributed by atoms with Gasteiger partial charge in [0, 0.05) is 6.42 Å². The van der Waals surface area contributed by atoms with E-state index < -0.39 is 5.97 Å². The van der Waals surface area contributed by atoms with Crippen LogP contribution in [0.1, 0.15) is 51.4 Å². The van der Waals surface area contributed by atoms with Crippen molar-refractivity contribution < 1.29 is 19.4 Å². The molecule has 0 bridgehead atoms. The monoisotopic (exact) mass is 242 g/mol. The predicted molar refractivity (Wildman–Crippen MR) is 65.7 cm³/mol. The summed E-state index contributed by atoms with van der Waals surface area (Å²) in [5.41, 5.74) is 0. The molecule has 98 valence electrons. The van der Waals surface area contributed by atoms with Crippen molar-refractivity contribution in [1.29, 1.82) is 0 Å². The lowest BCUT2D eigenvalue weighted by Crippen LogP contribution is -2.03. The van der Waals surface area contributed by atoms with Gasteiger partial charge in [-0.15, -0.1) is 0 Å². The van der Waals surface area contributed by atoms with E-state index in [-0.39, 0.29) is 5.76 Å². The second-order valence-electron chi connectivity index (χ2n) is 3.95. The van der Waals surface area contributed by atoms with E-state index in [1.165, 1.54) is 13.2 Å². The molecule has 0 aliphatic rings. The number of esters is 1. The molecular weight excluding hydrogens is 220 g/mol. The van der Waals surface area contributed by atoms with Crippen LogP contribution in [-0.4, -0.2) is 24.5 Å². The standard InChI is InChI=1S/C13H22O4/c1-17-13(16)12(15)10-8-6-4-2-3-5-7-9-11-14/h10-11,15H,2-9H2,1H3. The van der Waals surface area contributed by atoms with Crippen molar-refractivity contribution in [3.8, 4) is 0 Å². The van der Waals surface area contributed by atoms with Crippen molar-refractivity contribution in [2.24, 2.45) is 0 Å². The van der Waals surface area contributed by atoms with Crippen molar-refractivity contribution in [2.45, 2.75) is 51.4 Å². The third-order valence-electron chi connectivity index (χ3n) is 2.51. The van der Waals surface area contributed by atoms with Gasteiger partial charge in [-0.3, -0.25) is 0 Å². The summed E-state index contributed by atoms with van der Waals surface area (Å²) in [6, 6.07) is 0. The summed E-state index contributed by atoms with van der Waals surface area (Å²) >= 11 is 0. The summed E-state index contributed by atoms with van der Waals surface area (Å²) < 4.78 is 4.36. The molecule has 0 saturated carbocycles. The smallest absolute Gasteiger partial charge is 0.372 e. The van der Waals surface area contributed by atoms with E-state index in [1.807, 2.05) is 0 Å². The Kier molecular flexibility index (Phi) is 10.3. The van der Waals surface area contributed by atoms with Crippen molar-refractivity contribution in [3.05, 3.63) is 11.8 Å². The van der Waals surface area contributed by atoms with Gasteiger partial charge in [-0.2, -0.15) is 0 Å². The molecular formula is C13H22O4. The minimum absolute atomic E-state index is 0.307. The maximum atomic E-state index is 10.8. The Balaban J connectivity index is 3.34. The van der Waals surface area contributed by atoms with Crippen LogP contribution in [0.25, 0.3) is 0 Å². The Hall–Kier alpha value is -1.32. The van der Waals surface area contributed by atoms with Gasteiger partial charge in [0.1, 0.15) is 6.29 Å². The summed E-state index contributed by atoms with van der Waals surface area (Å²) in [6.07, 6.45) is 10.2. The summed E-state index contributed by atoms with van der Waals surface area (Å²) in [6.45, 7) is 0. The first-order valence-electron chi connectivity index (χ1n) is 6.13. The minimum Gasteiger partial charge on any atom is -0.502 e. The summed E-state index contributed by atoms with van der Waals surface area (Å²) in [7, 11) is 1.24. The number of carbonyl (C=O) groups excluding carboxylic acids is 2. The van der Waals surface area contributed by atoms with Crippen molar-refractivity contribution in [2.75, 3.05) is 7.11 Å². The summed E-state index contributed by atoms with van der Waals surface area (Å²) in [5, 5.41) is 9.17. The van der Waals surface area contributed by atoms with Crippen LogP contribution in [0.15, 0.2) is 11.8 Å². The van der Waals surface area contributed by atoms with E-state index in [2.05, 4.69) is 4.74 Å². The molecule has 0 aliphatic heterocycles. The fourth-order valence-corrected chi connectivity index (χ4v) is 1.51. The minimum atomic E-state index is -0.682. The molecule has 0 aromatic rings. The highest BCUT2D eigenvalue weighted by molar-refractivity contribution is 5.85. The van der Waals surface area contributed by atoms with Crippen molar-refractivity contribution in [3.63, 3.8) is 0 Å². The molecule has 0 radical (unpaired) electrons. The number of unbranched alkanes of at least 4 members (excludes halogenated alkanes) is 7.